The Morgan fingerprint density at radius 3 is 1.64 bits per heavy atom. The number of rotatable bonds is 1. The molecule has 5 nitrogen and oxygen atoms in total. The van der Waals surface area contributed by atoms with Crippen LogP contribution in [-0.2, 0) is 9.53 Å². The van der Waals surface area contributed by atoms with Crippen molar-refractivity contribution in [3.63, 3.8) is 0 Å². The average molecular weight is 168 g/mol. The van der Waals surface area contributed by atoms with E-state index in [1.54, 1.807) is 14.2 Å². The molecule has 3 N–H and O–H groups in total. The van der Waals surface area contributed by atoms with Crippen LogP contribution in [0.25, 0.3) is 0 Å². The number of aliphatic hydroxyl groups excluding tert-OH is 2. The highest BCUT2D eigenvalue weighted by molar-refractivity contribution is 5.32. The lowest BCUT2D eigenvalue weighted by molar-refractivity contribution is -0.122. The van der Waals surface area contributed by atoms with Gasteiger partial charge in [-0.05, 0) is 6.92 Å². The van der Waals surface area contributed by atoms with Gasteiger partial charge in [0.1, 0.15) is 0 Å². The third-order valence-electron chi connectivity index (χ3n) is 0.264. The van der Waals surface area contributed by atoms with Gasteiger partial charge in [-0.2, -0.15) is 0 Å². The number of hydrogen-bond acceptors (Lipinski definition) is 4. The summed E-state index contributed by atoms with van der Waals surface area (Å²) in [5.74, 6) is 0. The van der Waals surface area contributed by atoms with Crippen molar-refractivity contribution in [1.29, 1.82) is 0 Å². The Morgan fingerprint density at radius 2 is 1.64 bits per heavy atom. The van der Waals surface area contributed by atoms with Crippen molar-refractivity contribution >= 4 is 6.47 Å². The molecular formula is C6H16O5. The monoisotopic (exact) mass is 168 g/mol. The first-order chi connectivity index (χ1) is 5.10. The summed E-state index contributed by atoms with van der Waals surface area (Å²) in [6.45, 7) is 1.14. The smallest absolute Gasteiger partial charge is 0.290 e. The maximum Gasteiger partial charge on any atom is 0.290 e. The molecule has 0 amide bonds. The van der Waals surface area contributed by atoms with Crippen molar-refractivity contribution in [3.8, 4) is 0 Å². The van der Waals surface area contributed by atoms with E-state index in [1.807, 2.05) is 0 Å². The lowest BCUT2D eigenvalue weighted by Crippen LogP contribution is -2.03. The summed E-state index contributed by atoms with van der Waals surface area (Å²) in [6, 6.07) is 0. The fraction of sp³-hybridized carbons (Fsp3) is 0.833. The quantitative estimate of drug-likeness (QED) is 0.452. The van der Waals surface area contributed by atoms with Crippen molar-refractivity contribution in [2.24, 2.45) is 0 Å². The van der Waals surface area contributed by atoms with Gasteiger partial charge in [0.05, 0.1) is 12.7 Å². The largest absolute Gasteiger partial charge is 0.483 e. The third kappa shape index (κ3) is 277. The van der Waals surface area contributed by atoms with E-state index >= 15 is 0 Å². The number of aliphatic hydroxyl groups is 2. The summed E-state index contributed by atoms with van der Waals surface area (Å²) in [5.41, 5.74) is 0. The lowest BCUT2D eigenvalue weighted by atomic mass is 10.5. The zero-order chi connectivity index (χ0) is 9.70. The second-order valence-electron chi connectivity index (χ2n) is 1.55. The second kappa shape index (κ2) is 22.8. The Hall–Kier alpha value is -0.650. The summed E-state index contributed by atoms with van der Waals surface area (Å²) < 4.78 is 4.25. The molecular weight excluding hydrogens is 152 g/mol. The SMILES string of the molecule is CC(O)CO.COC.O=CO. The summed E-state index contributed by atoms with van der Waals surface area (Å²) in [5, 5.41) is 22.9. The number of carboxylic acid groups (broad SMARTS) is 1. The van der Waals surface area contributed by atoms with Gasteiger partial charge in [-0.3, -0.25) is 4.79 Å². The van der Waals surface area contributed by atoms with E-state index in [0.29, 0.717) is 0 Å². The predicted octanol–water partition coefficient (Wildman–Crippen LogP) is -0.677. The minimum atomic E-state index is -0.560. The summed E-state index contributed by atoms with van der Waals surface area (Å²) in [6.07, 6.45) is -0.560. The molecule has 0 fully saturated rings. The Balaban J connectivity index is -0.0000000933. The number of hydrogen-bond donors (Lipinski definition) is 3. The van der Waals surface area contributed by atoms with Crippen molar-refractivity contribution in [3.05, 3.63) is 0 Å². The molecule has 0 spiro atoms. The van der Waals surface area contributed by atoms with E-state index in [-0.39, 0.29) is 13.1 Å². The van der Waals surface area contributed by atoms with Gasteiger partial charge in [0.15, 0.2) is 0 Å². The molecule has 70 valence electrons. The van der Waals surface area contributed by atoms with Gasteiger partial charge < -0.3 is 20.1 Å². The molecule has 0 rings (SSSR count). The number of methoxy groups -OCH3 is 1. The minimum Gasteiger partial charge on any atom is -0.483 e. The fourth-order valence-electron chi connectivity index (χ4n) is 0. The van der Waals surface area contributed by atoms with Crippen LogP contribution in [-0.4, -0.2) is 48.7 Å². The maximum absolute atomic E-state index is 8.36. The molecule has 11 heavy (non-hydrogen) atoms. The van der Waals surface area contributed by atoms with Crippen molar-refractivity contribution in [1.82, 2.24) is 0 Å². The van der Waals surface area contributed by atoms with Crippen LogP contribution in [0.15, 0.2) is 0 Å². The lowest BCUT2D eigenvalue weighted by Gasteiger charge is -1.90. The predicted molar refractivity (Wildman–Crippen MR) is 40.4 cm³/mol. The first kappa shape index (κ1) is 16.7. The molecule has 0 saturated carbocycles. The first-order valence-corrected chi connectivity index (χ1v) is 2.87. The van der Waals surface area contributed by atoms with Crippen LogP contribution in [0.3, 0.4) is 0 Å². The third-order valence-corrected chi connectivity index (χ3v) is 0.264. The zero-order valence-corrected chi connectivity index (χ0v) is 7.02. The molecule has 5 heteroatoms. The van der Waals surface area contributed by atoms with Crippen molar-refractivity contribution < 1.29 is 24.9 Å². The van der Waals surface area contributed by atoms with E-state index < -0.39 is 6.10 Å². The van der Waals surface area contributed by atoms with E-state index in [1.165, 1.54) is 6.92 Å². The molecule has 0 aromatic heterocycles. The molecule has 0 aliphatic carbocycles. The molecule has 0 saturated heterocycles. The van der Waals surface area contributed by atoms with Crippen LogP contribution in [0.5, 0.6) is 0 Å². The average Bonchev–Trinajstić information content (AvgIpc) is 1.91. The Kier molecular flexibility index (Phi) is 34.7. The normalized spacial score (nSPS) is 9.55. The van der Waals surface area contributed by atoms with Gasteiger partial charge in [0.25, 0.3) is 6.47 Å². The molecule has 0 aromatic rings. The van der Waals surface area contributed by atoms with Gasteiger partial charge in [-0.1, -0.05) is 0 Å². The summed E-state index contributed by atoms with van der Waals surface area (Å²) in [4.78, 5) is 8.36. The van der Waals surface area contributed by atoms with Crippen LogP contribution in [0.2, 0.25) is 0 Å². The van der Waals surface area contributed by atoms with Gasteiger partial charge in [0, 0.05) is 14.2 Å². The van der Waals surface area contributed by atoms with Crippen molar-refractivity contribution in [2.45, 2.75) is 13.0 Å². The maximum atomic E-state index is 8.36. The molecule has 1 atom stereocenters. The van der Waals surface area contributed by atoms with Gasteiger partial charge in [0.2, 0.25) is 0 Å². The van der Waals surface area contributed by atoms with E-state index in [9.17, 15) is 0 Å². The van der Waals surface area contributed by atoms with Crippen LogP contribution in [0.1, 0.15) is 6.92 Å². The highest BCUT2D eigenvalue weighted by Gasteiger charge is 1.83. The fourth-order valence-corrected chi connectivity index (χ4v) is 0. The van der Waals surface area contributed by atoms with E-state index in [0.717, 1.165) is 0 Å². The molecule has 1 unspecified atom stereocenters. The van der Waals surface area contributed by atoms with Crippen molar-refractivity contribution in [2.75, 3.05) is 20.8 Å². The van der Waals surface area contributed by atoms with Crippen LogP contribution >= 0.6 is 0 Å². The van der Waals surface area contributed by atoms with Crippen LogP contribution < -0.4 is 0 Å². The first-order valence-electron chi connectivity index (χ1n) is 2.87. The van der Waals surface area contributed by atoms with Gasteiger partial charge >= 0.3 is 0 Å². The van der Waals surface area contributed by atoms with Gasteiger partial charge in [-0.15, -0.1) is 0 Å². The molecule has 0 heterocycles. The highest BCUT2D eigenvalue weighted by atomic mass is 16.4. The molecule has 0 aliphatic rings. The minimum absolute atomic E-state index is 0.139. The Morgan fingerprint density at radius 1 is 1.55 bits per heavy atom. The summed E-state index contributed by atoms with van der Waals surface area (Å²) >= 11 is 0. The standard InChI is InChI=1S/C3H8O2.C2H6O.CH2O2/c1-3(5)2-4;1-3-2;2-1-3/h3-5H,2H2,1H3;1-2H3;1H,(H,2,3). The van der Waals surface area contributed by atoms with Crippen LogP contribution in [0, 0.1) is 0 Å². The van der Waals surface area contributed by atoms with E-state index in [4.69, 9.17) is 20.1 Å². The molecule has 0 bridgehead atoms. The summed E-state index contributed by atoms with van der Waals surface area (Å²) in [7, 11) is 3.25. The molecule has 0 radical (unpaired) electrons. The van der Waals surface area contributed by atoms with Gasteiger partial charge in [-0.25, -0.2) is 0 Å². The van der Waals surface area contributed by atoms with E-state index in [2.05, 4.69) is 4.74 Å². The Labute approximate surface area is 66.2 Å². The Bertz CT molecular complexity index is 54.9. The molecule has 0 aliphatic heterocycles. The topological polar surface area (TPSA) is 87.0 Å². The zero-order valence-electron chi connectivity index (χ0n) is 7.02. The molecule has 0 aromatic carbocycles. The second-order valence-corrected chi connectivity index (χ2v) is 1.55. The number of carbonyl (C=O) groups is 1. The number of ether oxygens (including phenoxy) is 1. The van der Waals surface area contributed by atoms with Crippen LogP contribution in [0.4, 0.5) is 0 Å². The highest BCUT2D eigenvalue weighted by Crippen LogP contribution is 1.68.